The number of carboxylic acids is 1. The number of rotatable bonds is 13. The molecule has 14 heteroatoms. The fourth-order valence-electron chi connectivity index (χ4n) is 2.78. The Bertz CT molecular complexity index is 891. The maximum atomic E-state index is 12.5. The number of primary amides is 1. The highest BCUT2D eigenvalue weighted by Crippen LogP contribution is 2.11. The second-order valence-electron chi connectivity index (χ2n) is 7.52. The molecule has 0 spiro atoms. The molecular formula is C20H29N5O9. The number of amides is 4. The number of aliphatic carboxylic acids is 1. The highest BCUT2D eigenvalue weighted by atomic mass is 16.4. The molecule has 188 valence electrons. The number of phenols is 1. The number of nitrogens with two attached hydrogens (primary N) is 2. The molecule has 0 saturated carbocycles. The van der Waals surface area contributed by atoms with Crippen LogP contribution in [0.15, 0.2) is 24.3 Å². The summed E-state index contributed by atoms with van der Waals surface area (Å²) in [5, 5.41) is 43.7. The average molecular weight is 483 g/mol. The first-order valence-corrected chi connectivity index (χ1v) is 10.1. The van der Waals surface area contributed by atoms with Crippen LogP contribution >= 0.6 is 0 Å². The summed E-state index contributed by atoms with van der Waals surface area (Å²) in [6.07, 6.45) is -2.17. The zero-order valence-electron chi connectivity index (χ0n) is 18.3. The summed E-state index contributed by atoms with van der Waals surface area (Å²) in [5.41, 5.74) is 11.5. The van der Waals surface area contributed by atoms with Crippen molar-refractivity contribution in [2.45, 2.75) is 50.0 Å². The second kappa shape index (κ2) is 13.1. The van der Waals surface area contributed by atoms with Crippen molar-refractivity contribution in [3.05, 3.63) is 29.8 Å². The molecule has 0 aliphatic heterocycles. The Morgan fingerprint density at radius 3 is 1.94 bits per heavy atom. The van der Waals surface area contributed by atoms with Gasteiger partial charge in [-0.1, -0.05) is 12.1 Å². The van der Waals surface area contributed by atoms with Gasteiger partial charge in [-0.2, -0.15) is 0 Å². The van der Waals surface area contributed by atoms with Crippen LogP contribution in [0, 0.1) is 0 Å². The van der Waals surface area contributed by atoms with E-state index < -0.39 is 72.9 Å². The van der Waals surface area contributed by atoms with Crippen molar-refractivity contribution in [2.75, 3.05) is 6.61 Å². The summed E-state index contributed by atoms with van der Waals surface area (Å²) in [7, 11) is 0. The van der Waals surface area contributed by atoms with Crippen LogP contribution in [-0.2, 0) is 30.4 Å². The number of aliphatic hydroxyl groups is 2. The first kappa shape index (κ1) is 28.3. The van der Waals surface area contributed by atoms with Gasteiger partial charge in [-0.15, -0.1) is 0 Å². The van der Waals surface area contributed by atoms with E-state index in [0.717, 1.165) is 6.92 Å². The second-order valence-corrected chi connectivity index (χ2v) is 7.52. The van der Waals surface area contributed by atoms with E-state index in [9.17, 15) is 39.3 Å². The molecule has 1 rings (SSSR count). The molecule has 0 aliphatic carbocycles. The Morgan fingerprint density at radius 2 is 1.47 bits per heavy atom. The van der Waals surface area contributed by atoms with Gasteiger partial charge < -0.3 is 47.8 Å². The maximum Gasteiger partial charge on any atom is 0.328 e. The molecule has 5 unspecified atom stereocenters. The third-order valence-electron chi connectivity index (χ3n) is 4.63. The predicted octanol–water partition coefficient (Wildman–Crippen LogP) is -3.95. The number of nitrogens with one attached hydrogen (secondary N) is 3. The zero-order chi connectivity index (χ0) is 26.0. The number of aliphatic hydroxyl groups excluding tert-OH is 2. The van der Waals surface area contributed by atoms with Crippen LogP contribution < -0.4 is 27.4 Å². The number of hydrogen-bond acceptors (Lipinski definition) is 9. The minimum atomic E-state index is -1.73. The van der Waals surface area contributed by atoms with Crippen LogP contribution in [0.4, 0.5) is 0 Å². The number of carbonyl (C=O) groups is 5. The molecule has 0 radical (unpaired) electrons. The van der Waals surface area contributed by atoms with Gasteiger partial charge in [-0.05, 0) is 31.0 Å². The number of phenolic OH excluding ortho intramolecular Hbond substituents is 1. The molecule has 0 heterocycles. The lowest BCUT2D eigenvalue weighted by molar-refractivity contribution is -0.145. The topological polar surface area (TPSA) is 254 Å². The van der Waals surface area contributed by atoms with Gasteiger partial charge in [-0.25, -0.2) is 4.79 Å². The maximum absolute atomic E-state index is 12.5. The fourth-order valence-corrected chi connectivity index (χ4v) is 2.78. The third kappa shape index (κ3) is 9.01. The van der Waals surface area contributed by atoms with E-state index in [-0.39, 0.29) is 12.2 Å². The average Bonchev–Trinajstić information content (AvgIpc) is 2.75. The molecule has 0 bridgehead atoms. The summed E-state index contributed by atoms with van der Waals surface area (Å²) in [4.78, 5) is 59.8. The summed E-state index contributed by atoms with van der Waals surface area (Å²) < 4.78 is 0. The van der Waals surface area contributed by atoms with E-state index in [1.807, 2.05) is 5.32 Å². The lowest BCUT2D eigenvalue weighted by Crippen LogP contribution is -2.59. The van der Waals surface area contributed by atoms with E-state index in [4.69, 9.17) is 16.6 Å². The molecule has 14 nitrogen and oxygen atoms in total. The van der Waals surface area contributed by atoms with Crippen molar-refractivity contribution in [3.8, 4) is 5.75 Å². The lowest BCUT2D eigenvalue weighted by atomic mass is 10.1. The summed E-state index contributed by atoms with van der Waals surface area (Å²) in [6, 6.07) is -0.173. The quantitative estimate of drug-likeness (QED) is 0.131. The van der Waals surface area contributed by atoms with E-state index in [1.165, 1.54) is 12.1 Å². The largest absolute Gasteiger partial charge is 0.508 e. The lowest BCUT2D eigenvalue weighted by Gasteiger charge is -2.24. The Labute approximate surface area is 194 Å². The molecule has 0 fully saturated rings. The van der Waals surface area contributed by atoms with Crippen molar-refractivity contribution in [2.24, 2.45) is 11.5 Å². The van der Waals surface area contributed by atoms with E-state index >= 15 is 0 Å². The highest BCUT2D eigenvalue weighted by Gasteiger charge is 2.32. The van der Waals surface area contributed by atoms with Gasteiger partial charge in [0.25, 0.3) is 0 Å². The zero-order valence-corrected chi connectivity index (χ0v) is 18.3. The van der Waals surface area contributed by atoms with Gasteiger partial charge in [0, 0.05) is 0 Å². The Hall–Kier alpha value is -3.75. The SMILES string of the molecule is CC(O)C(NC(=O)C(CC(N)=O)NC(=O)C(CO)NC(=O)C(N)Cc1ccc(O)cc1)C(=O)O. The van der Waals surface area contributed by atoms with Gasteiger partial charge in [0.15, 0.2) is 6.04 Å². The summed E-state index contributed by atoms with van der Waals surface area (Å²) in [5.74, 6) is -5.55. The standard InChI is InChI=1S/C20H29N5O9/c1-9(27)16(20(33)34)25-18(31)13(7-15(22)29)23-19(32)14(8-26)24-17(30)12(21)6-10-2-4-11(28)5-3-10/h2-5,9,12-14,16,26-28H,6-8,21H2,1H3,(H2,22,29)(H,23,32)(H,24,30)(H,25,31)(H,33,34). The van der Waals surface area contributed by atoms with Gasteiger partial charge in [0.1, 0.15) is 17.8 Å². The summed E-state index contributed by atoms with van der Waals surface area (Å²) in [6.45, 7) is 0.222. The van der Waals surface area contributed by atoms with E-state index in [2.05, 4.69) is 10.6 Å². The highest BCUT2D eigenvalue weighted by molar-refractivity contribution is 5.96. The van der Waals surface area contributed by atoms with Crippen molar-refractivity contribution in [1.82, 2.24) is 16.0 Å². The minimum absolute atomic E-state index is 0.0245. The predicted molar refractivity (Wildman–Crippen MR) is 116 cm³/mol. The van der Waals surface area contributed by atoms with Crippen LogP contribution in [0.5, 0.6) is 5.75 Å². The Morgan fingerprint density at radius 1 is 0.941 bits per heavy atom. The molecule has 5 atom stereocenters. The molecule has 11 N–H and O–H groups in total. The van der Waals surface area contributed by atoms with E-state index in [1.54, 1.807) is 12.1 Å². The number of carbonyl (C=O) groups excluding carboxylic acids is 4. The molecule has 0 saturated heterocycles. The van der Waals surface area contributed by atoms with Crippen molar-refractivity contribution in [3.63, 3.8) is 0 Å². The summed E-state index contributed by atoms with van der Waals surface area (Å²) >= 11 is 0. The molecular weight excluding hydrogens is 454 g/mol. The first-order chi connectivity index (χ1) is 15.8. The van der Waals surface area contributed by atoms with Crippen LogP contribution in [0.1, 0.15) is 18.9 Å². The van der Waals surface area contributed by atoms with Crippen LogP contribution in [-0.4, -0.2) is 86.9 Å². The smallest absolute Gasteiger partial charge is 0.328 e. The van der Waals surface area contributed by atoms with Gasteiger partial charge in [0.2, 0.25) is 23.6 Å². The molecule has 34 heavy (non-hydrogen) atoms. The third-order valence-corrected chi connectivity index (χ3v) is 4.63. The monoisotopic (exact) mass is 483 g/mol. The van der Waals surface area contributed by atoms with Gasteiger partial charge in [-0.3, -0.25) is 19.2 Å². The molecule has 1 aromatic carbocycles. The van der Waals surface area contributed by atoms with Crippen molar-refractivity contribution < 1.29 is 44.4 Å². The Balaban J connectivity index is 2.84. The first-order valence-electron chi connectivity index (χ1n) is 10.1. The van der Waals surface area contributed by atoms with Gasteiger partial charge >= 0.3 is 5.97 Å². The van der Waals surface area contributed by atoms with Crippen LogP contribution in [0.3, 0.4) is 0 Å². The number of aromatic hydroxyl groups is 1. The minimum Gasteiger partial charge on any atom is -0.508 e. The van der Waals surface area contributed by atoms with Crippen molar-refractivity contribution in [1.29, 1.82) is 0 Å². The molecule has 0 aliphatic rings. The van der Waals surface area contributed by atoms with E-state index in [0.29, 0.717) is 5.56 Å². The van der Waals surface area contributed by atoms with Crippen LogP contribution in [0.2, 0.25) is 0 Å². The Kier molecular flexibility index (Phi) is 10.9. The normalized spacial score (nSPS) is 15.2. The number of benzene rings is 1. The van der Waals surface area contributed by atoms with Crippen LogP contribution in [0.25, 0.3) is 0 Å². The molecule has 4 amide bonds. The number of carboxylic acid groups (broad SMARTS) is 1. The van der Waals surface area contributed by atoms with Crippen molar-refractivity contribution >= 4 is 29.6 Å². The van der Waals surface area contributed by atoms with Gasteiger partial charge in [0.05, 0.1) is 25.2 Å². The number of hydrogen-bond donors (Lipinski definition) is 9. The molecule has 1 aromatic rings. The molecule has 0 aromatic heterocycles. The fraction of sp³-hybridized carbons (Fsp3) is 0.450.